The van der Waals surface area contributed by atoms with Gasteiger partial charge in [0.1, 0.15) is 0 Å². The molecular formula is C16H22N4O. The zero-order valence-electron chi connectivity index (χ0n) is 12.4. The molecule has 2 amide bonds. The SMILES string of the molecule is CNCCC1CCCCN1C(=O)Nc1cccc(C#N)c1. The third-order valence-electron chi connectivity index (χ3n) is 3.86. The number of nitriles is 1. The minimum absolute atomic E-state index is 0.0640. The number of anilines is 1. The quantitative estimate of drug-likeness (QED) is 0.893. The zero-order chi connectivity index (χ0) is 15.1. The summed E-state index contributed by atoms with van der Waals surface area (Å²) in [6.45, 7) is 1.72. The fourth-order valence-corrected chi connectivity index (χ4v) is 2.74. The number of hydrogen-bond acceptors (Lipinski definition) is 3. The monoisotopic (exact) mass is 286 g/mol. The highest BCUT2D eigenvalue weighted by molar-refractivity contribution is 5.89. The number of rotatable bonds is 4. The summed E-state index contributed by atoms with van der Waals surface area (Å²) in [5, 5.41) is 15.0. The number of hydrogen-bond donors (Lipinski definition) is 2. The topological polar surface area (TPSA) is 68.2 Å². The van der Waals surface area contributed by atoms with Crippen LogP contribution in [0.15, 0.2) is 24.3 Å². The van der Waals surface area contributed by atoms with Crippen LogP contribution in [0.5, 0.6) is 0 Å². The number of carbonyl (C=O) groups is 1. The summed E-state index contributed by atoms with van der Waals surface area (Å²) in [6, 6.07) is 9.34. The van der Waals surface area contributed by atoms with Crippen LogP contribution in [0.3, 0.4) is 0 Å². The average molecular weight is 286 g/mol. The second-order valence-electron chi connectivity index (χ2n) is 5.36. The minimum Gasteiger partial charge on any atom is -0.322 e. The molecule has 1 fully saturated rings. The average Bonchev–Trinajstić information content (AvgIpc) is 2.53. The van der Waals surface area contributed by atoms with Gasteiger partial charge in [-0.3, -0.25) is 0 Å². The van der Waals surface area contributed by atoms with E-state index in [1.807, 2.05) is 18.0 Å². The van der Waals surface area contributed by atoms with Gasteiger partial charge >= 0.3 is 6.03 Å². The molecule has 5 heteroatoms. The van der Waals surface area contributed by atoms with Crippen LogP contribution in [-0.2, 0) is 0 Å². The summed E-state index contributed by atoms with van der Waals surface area (Å²) in [5.74, 6) is 0. The van der Waals surface area contributed by atoms with Crippen molar-refractivity contribution in [1.82, 2.24) is 10.2 Å². The molecule has 1 unspecified atom stereocenters. The molecule has 1 aromatic carbocycles. The minimum atomic E-state index is -0.0640. The Hall–Kier alpha value is -2.06. The van der Waals surface area contributed by atoms with Gasteiger partial charge in [-0.15, -0.1) is 0 Å². The van der Waals surface area contributed by atoms with Gasteiger partial charge < -0.3 is 15.5 Å². The Bertz CT molecular complexity index is 523. The number of piperidine rings is 1. The maximum atomic E-state index is 12.5. The van der Waals surface area contributed by atoms with E-state index in [1.54, 1.807) is 18.2 Å². The lowest BCUT2D eigenvalue weighted by Crippen LogP contribution is -2.46. The summed E-state index contributed by atoms with van der Waals surface area (Å²) in [7, 11) is 1.93. The van der Waals surface area contributed by atoms with Crippen molar-refractivity contribution in [2.24, 2.45) is 0 Å². The Labute approximate surface area is 125 Å². The van der Waals surface area contributed by atoms with Gasteiger partial charge in [0.25, 0.3) is 0 Å². The Balaban J connectivity index is 2.01. The van der Waals surface area contributed by atoms with Crippen LogP contribution < -0.4 is 10.6 Å². The highest BCUT2D eigenvalue weighted by Crippen LogP contribution is 2.21. The molecule has 1 aromatic rings. The second-order valence-corrected chi connectivity index (χ2v) is 5.36. The van der Waals surface area contributed by atoms with Crippen LogP contribution in [-0.4, -0.2) is 37.1 Å². The molecule has 21 heavy (non-hydrogen) atoms. The molecule has 2 rings (SSSR count). The standard InChI is InChI=1S/C16H22N4O/c1-18-9-8-15-7-2-3-10-20(15)16(21)19-14-6-4-5-13(11-14)12-17/h4-6,11,15,18H,2-3,7-10H2,1H3,(H,19,21). The maximum absolute atomic E-state index is 12.5. The lowest BCUT2D eigenvalue weighted by molar-refractivity contribution is 0.158. The van der Waals surface area contributed by atoms with Crippen molar-refractivity contribution in [2.75, 3.05) is 25.5 Å². The van der Waals surface area contributed by atoms with E-state index in [0.29, 0.717) is 17.3 Å². The molecule has 1 atom stereocenters. The third kappa shape index (κ3) is 4.20. The summed E-state index contributed by atoms with van der Waals surface area (Å²) < 4.78 is 0. The highest BCUT2D eigenvalue weighted by Gasteiger charge is 2.26. The summed E-state index contributed by atoms with van der Waals surface area (Å²) in [5.41, 5.74) is 1.23. The van der Waals surface area contributed by atoms with E-state index in [-0.39, 0.29) is 6.03 Å². The van der Waals surface area contributed by atoms with Gasteiger partial charge in [0, 0.05) is 18.3 Å². The normalized spacial score (nSPS) is 18.1. The first kappa shape index (κ1) is 15.3. The van der Waals surface area contributed by atoms with Gasteiger partial charge in [0.15, 0.2) is 0 Å². The number of carbonyl (C=O) groups excluding carboxylic acids is 1. The molecule has 1 saturated heterocycles. The summed E-state index contributed by atoms with van der Waals surface area (Å²) in [6.07, 6.45) is 4.28. The van der Waals surface area contributed by atoms with E-state index in [4.69, 9.17) is 5.26 Å². The van der Waals surface area contributed by atoms with Gasteiger partial charge in [-0.25, -0.2) is 4.79 Å². The Morgan fingerprint density at radius 1 is 1.48 bits per heavy atom. The molecule has 0 bridgehead atoms. The van der Waals surface area contributed by atoms with E-state index < -0.39 is 0 Å². The molecule has 0 saturated carbocycles. The van der Waals surface area contributed by atoms with Crippen LogP contribution in [0.1, 0.15) is 31.2 Å². The predicted molar refractivity (Wildman–Crippen MR) is 83.1 cm³/mol. The molecule has 0 radical (unpaired) electrons. The predicted octanol–water partition coefficient (Wildman–Crippen LogP) is 2.55. The first-order valence-corrected chi connectivity index (χ1v) is 7.47. The number of likely N-dealkylation sites (tertiary alicyclic amines) is 1. The van der Waals surface area contributed by atoms with Gasteiger partial charge in [-0.05, 0) is 57.5 Å². The van der Waals surface area contributed by atoms with Crippen molar-refractivity contribution in [3.63, 3.8) is 0 Å². The van der Waals surface area contributed by atoms with Crippen LogP contribution in [0.2, 0.25) is 0 Å². The van der Waals surface area contributed by atoms with E-state index in [1.165, 1.54) is 6.42 Å². The number of urea groups is 1. The largest absolute Gasteiger partial charge is 0.322 e. The first-order chi connectivity index (χ1) is 10.2. The summed E-state index contributed by atoms with van der Waals surface area (Å²) >= 11 is 0. The summed E-state index contributed by atoms with van der Waals surface area (Å²) in [4.78, 5) is 14.4. The fraction of sp³-hybridized carbons (Fsp3) is 0.500. The van der Waals surface area contributed by atoms with Crippen molar-refractivity contribution in [3.05, 3.63) is 29.8 Å². The molecule has 1 heterocycles. The lowest BCUT2D eigenvalue weighted by atomic mass is 10.00. The molecule has 0 spiro atoms. The van der Waals surface area contributed by atoms with Gasteiger partial charge in [-0.2, -0.15) is 5.26 Å². The third-order valence-corrected chi connectivity index (χ3v) is 3.86. The number of nitrogens with zero attached hydrogens (tertiary/aromatic N) is 2. The van der Waals surface area contributed by atoms with E-state index in [2.05, 4.69) is 16.7 Å². The molecular weight excluding hydrogens is 264 g/mol. The molecule has 0 aromatic heterocycles. The van der Waals surface area contributed by atoms with E-state index >= 15 is 0 Å². The molecule has 112 valence electrons. The fourth-order valence-electron chi connectivity index (χ4n) is 2.74. The number of benzene rings is 1. The van der Waals surface area contributed by atoms with Gasteiger partial charge in [0.2, 0.25) is 0 Å². The molecule has 2 N–H and O–H groups in total. The Kier molecular flexibility index (Phi) is 5.59. The maximum Gasteiger partial charge on any atom is 0.322 e. The van der Waals surface area contributed by atoms with Crippen LogP contribution in [0.25, 0.3) is 0 Å². The number of amides is 2. The molecule has 5 nitrogen and oxygen atoms in total. The van der Waals surface area contributed by atoms with Crippen molar-refractivity contribution in [2.45, 2.75) is 31.7 Å². The van der Waals surface area contributed by atoms with Crippen LogP contribution in [0, 0.1) is 11.3 Å². The molecule has 0 aliphatic carbocycles. The smallest absolute Gasteiger partial charge is 0.322 e. The lowest BCUT2D eigenvalue weighted by Gasteiger charge is -2.35. The van der Waals surface area contributed by atoms with E-state index in [9.17, 15) is 4.79 Å². The second kappa shape index (κ2) is 7.65. The number of nitrogens with one attached hydrogen (secondary N) is 2. The van der Waals surface area contributed by atoms with Gasteiger partial charge in [-0.1, -0.05) is 6.07 Å². The highest BCUT2D eigenvalue weighted by atomic mass is 16.2. The molecule has 1 aliphatic heterocycles. The Morgan fingerprint density at radius 2 is 2.33 bits per heavy atom. The first-order valence-electron chi connectivity index (χ1n) is 7.47. The van der Waals surface area contributed by atoms with Gasteiger partial charge in [0.05, 0.1) is 11.6 Å². The van der Waals surface area contributed by atoms with Crippen molar-refractivity contribution in [3.8, 4) is 6.07 Å². The molecule has 1 aliphatic rings. The van der Waals surface area contributed by atoms with Crippen molar-refractivity contribution < 1.29 is 4.79 Å². The zero-order valence-corrected chi connectivity index (χ0v) is 12.4. The van der Waals surface area contributed by atoms with Crippen LogP contribution in [0.4, 0.5) is 10.5 Å². The van der Waals surface area contributed by atoms with Crippen LogP contribution >= 0.6 is 0 Å². The van der Waals surface area contributed by atoms with Crippen molar-refractivity contribution in [1.29, 1.82) is 5.26 Å². The Morgan fingerprint density at radius 3 is 3.10 bits per heavy atom. The van der Waals surface area contributed by atoms with E-state index in [0.717, 1.165) is 32.4 Å². The van der Waals surface area contributed by atoms with Crippen molar-refractivity contribution >= 4 is 11.7 Å².